The Hall–Kier alpha value is -2.14. The largest absolute Gasteiger partial charge is 0.480 e. The van der Waals surface area contributed by atoms with Gasteiger partial charge in [-0.1, -0.05) is 30.3 Å². The molecule has 2 rings (SSSR count). The van der Waals surface area contributed by atoms with Crippen LogP contribution in [0.5, 0.6) is 0 Å². The third-order valence-corrected chi connectivity index (χ3v) is 3.05. The van der Waals surface area contributed by atoms with Crippen LogP contribution >= 0.6 is 0 Å². The Morgan fingerprint density at radius 2 is 2.16 bits per heavy atom. The molecule has 0 aliphatic heterocycles. The van der Waals surface area contributed by atoms with Crippen molar-refractivity contribution in [2.24, 2.45) is 0 Å². The maximum Gasteiger partial charge on any atom is 0.320 e. The number of nitrogens with one attached hydrogen (secondary N) is 1. The van der Waals surface area contributed by atoms with E-state index in [9.17, 15) is 4.79 Å². The maximum atomic E-state index is 11.0. The molecule has 2 N–H and O–H groups in total. The first-order chi connectivity index (χ1) is 9.22. The summed E-state index contributed by atoms with van der Waals surface area (Å²) in [4.78, 5) is 15.3. The number of carboxylic acids is 1. The molecule has 0 aliphatic rings. The summed E-state index contributed by atoms with van der Waals surface area (Å²) < 4.78 is 1.97. The monoisotopic (exact) mass is 259 g/mol. The SMILES string of the molecule is CNC(CCn1ccnc1-c1ccccc1)C(=O)O. The highest BCUT2D eigenvalue weighted by Gasteiger charge is 2.15. The van der Waals surface area contributed by atoms with Crippen LogP contribution in [0.25, 0.3) is 11.4 Å². The highest BCUT2D eigenvalue weighted by atomic mass is 16.4. The molecule has 0 saturated carbocycles. The molecule has 0 spiro atoms. The molecule has 0 aliphatic carbocycles. The molecule has 19 heavy (non-hydrogen) atoms. The van der Waals surface area contributed by atoms with Gasteiger partial charge in [0.05, 0.1) is 0 Å². The summed E-state index contributed by atoms with van der Waals surface area (Å²) in [6.45, 7) is 0.613. The van der Waals surface area contributed by atoms with Gasteiger partial charge in [0.15, 0.2) is 0 Å². The van der Waals surface area contributed by atoms with E-state index in [0.29, 0.717) is 13.0 Å². The number of hydrogen-bond donors (Lipinski definition) is 2. The molecular weight excluding hydrogens is 242 g/mol. The molecule has 0 amide bonds. The van der Waals surface area contributed by atoms with E-state index in [0.717, 1.165) is 11.4 Å². The van der Waals surface area contributed by atoms with E-state index < -0.39 is 12.0 Å². The van der Waals surface area contributed by atoms with Crippen molar-refractivity contribution in [3.63, 3.8) is 0 Å². The minimum atomic E-state index is -0.830. The topological polar surface area (TPSA) is 67.2 Å². The molecule has 1 unspecified atom stereocenters. The number of aromatic nitrogens is 2. The van der Waals surface area contributed by atoms with Crippen LogP contribution in [0.15, 0.2) is 42.7 Å². The maximum absolute atomic E-state index is 11.0. The van der Waals surface area contributed by atoms with Crippen molar-refractivity contribution in [1.29, 1.82) is 0 Å². The first kappa shape index (κ1) is 13.3. The molecule has 1 aromatic carbocycles. The molecule has 1 aromatic heterocycles. The van der Waals surface area contributed by atoms with E-state index in [2.05, 4.69) is 10.3 Å². The predicted octanol–water partition coefficient (Wildman–Crippen LogP) is 1.61. The molecule has 5 heteroatoms. The summed E-state index contributed by atoms with van der Waals surface area (Å²) in [6, 6.07) is 9.32. The standard InChI is InChI=1S/C14H17N3O2/c1-15-12(14(18)19)7-9-17-10-8-16-13(17)11-5-3-2-4-6-11/h2-6,8,10,12,15H,7,9H2,1H3,(H,18,19). The lowest BCUT2D eigenvalue weighted by atomic mass is 10.2. The summed E-state index contributed by atoms with van der Waals surface area (Å²) in [5, 5.41) is 11.8. The lowest BCUT2D eigenvalue weighted by Crippen LogP contribution is -2.34. The number of imidazole rings is 1. The van der Waals surface area contributed by atoms with Crippen LogP contribution in [0.3, 0.4) is 0 Å². The highest BCUT2D eigenvalue weighted by molar-refractivity contribution is 5.73. The van der Waals surface area contributed by atoms with Crippen LogP contribution in [0.2, 0.25) is 0 Å². The van der Waals surface area contributed by atoms with E-state index in [4.69, 9.17) is 5.11 Å². The van der Waals surface area contributed by atoms with Crippen LogP contribution < -0.4 is 5.32 Å². The molecule has 5 nitrogen and oxygen atoms in total. The Labute approximate surface area is 111 Å². The van der Waals surface area contributed by atoms with Crippen LogP contribution in [-0.4, -0.2) is 33.7 Å². The van der Waals surface area contributed by atoms with Gasteiger partial charge in [0.2, 0.25) is 0 Å². The van der Waals surface area contributed by atoms with E-state index in [1.54, 1.807) is 13.2 Å². The van der Waals surface area contributed by atoms with E-state index in [1.807, 2.05) is 41.1 Å². The number of likely N-dealkylation sites (N-methyl/N-ethyl adjacent to an activating group) is 1. The Balaban J connectivity index is 2.11. The van der Waals surface area contributed by atoms with Crippen molar-refractivity contribution in [2.75, 3.05) is 7.05 Å². The molecule has 0 saturated heterocycles. The number of aliphatic carboxylic acids is 1. The molecular formula is C14H17N3O2. The zero-order chi connectivity index (χ0) is 13.7. The van der Waals surface area contributed by atoms with Gasteiger partial charge >= 0.3 is 5.97 Å². The zero-order valence-electron chi connectivity index (χ0n) is 10.8. The number of rotatable bonds is 6. The van der Waals surface area contributed by atoms with Crippen molar-refractivity contribution in [3.05, 3.63) is 42.7 Å². The first-order valence-corrected chi connectivity index (χ1v) is 6.19. The minimum absolute atomic E-state index is 0.516. The van der Waals surface area contributed by atoms with E-state index in [-0.39, 0.29) is 0 Å². The second-order valence-electron chi connectivity index (χ2n) is 4.28. The quantitative estimate of drug-likeness (QED) is 0.827. The second kappa shape index (κ2) is 6.15. The van der Waals surface area contributed by atoms with Gasteiger partial charge in [-0.05, 0) is 13.5 Å². The van der Waals surface area contributed by atoms with Gasteiger partial charge in [-0.15, -0.1) is 0 Å². The Morgan fingerprint density at radius 1 is 1.42 bits per heavy atom. The lowest BCUT2D eigenvalue weighted by molar-refractivity contribution is -0.139. The van der Waals surface area contributed by atoms with Crippen LogP contribution in [0, 0.1) is 0 Å². The first-order valence-electron chi connectivity index (χ1n) is 6.19. The van der Waals surface area contributed by atoms with Gasteiger partial charge in [0.1, 0.15) is 11.9 Å². The molecule has 0 radical (unpaired) electrons. The normalized spacial score (nSPS) is 12.3. The van der Waals surface area contributed by atoms with Crippen molar-refractivity contribution in [1.82, 2.24) is 14.9 Å². The number of aryl methyl sites for hydroxylation is 1. The second-order valence-corrected chi connectivity index (χ2v) is 4.28. The fourth-order valence-electron chi connectivity index (χ4n) is 2.00. The van der Waals surface area contributed by atoms with Crippen molar-refractivity contribution < 1.29 is 9.90 Å². The molecule has 1 atom stereocenters. The minimum Gasteiger partial charge on any atom is -0.480 e. The summed E-state index contributed by atoms with van der Waals surface area (Å²) in [7, 11) is 1.66. The van der Waals surface area contributed by atoms with Gasteiger partial charge < -0.3 is 15.0 Å². The zero-order valence-corrected chi connectivity index (χ0v) is 10.8. The Morgan fingerprint density at radius 3 is 2.79 bits per heavy atom. The molecule has 0 fully saturated rings. The van der Waals surface area contributed by atoms with Gasteiger partial charge in [-0.2, -0.15) is 0 Å². The Bertz CT molecular complexity index is 537. The van der Waals surface area contributed by atoms with Gasteiger partial charge in [0, 0.05) is 24.5 Å². The average molecular weight is 259 g/mol. The summed E-state index contributed by atoms with van der Waals surface area (Å²) >= 11 is 0. The fraction of sp³-hybridized carbons (Fsp3) is 0.286. The number of nitrogens with zero attached hydrogens (tertiary/aromatic N) is 2. The third kappa shape index (κ3) is 3.20. The van der Waals surface area contributed by atoms with E-state index >= 15 is 0 Å². The van der Waals surface area contributed by atoms with Crippen molar-refractivity contribution in [3.8, 4) is 11.4 Å². The number of carbonyl (C=O) groups is 1. The predicted molar refractivity (Wildman–Crippen MR) is 72.8 cm³/mol. The summed E-state index contributed by atoms with van der Waals surface area (Å²) in [6.07, 6.45) is 4.12. The number of benzene rings is 1. The van der Waals surface area contributed by atoms with Gasteiger partial charge in [0.25, 0.3) is 0 Å². The molecule has 2 aromatic rings. The van der Waals surface area contributed by atoms with Crippen LogP contribution in [-0.2, 0) is 11.3 Å². The van der Waals surface area contributed by atoms with Crippen LogP contribution in [0.1, 0.15) is 6.42 Å². The lowest BCUT2D eigenvalue weighted by Gasteiger charge is -2.13. The highest BCUT2D eigenvalue weighted by Crippen LogP contribution is 2.17. The fourth-order valence-corrected chi connectivity index (χ4v) is 2.00. The summed E-state index contributed by atoms with van der Waals surface area (Å²) in [5.41, 5.74) is 1.03. The third-order valence-electron chi connectivity index (χ3n) is 3.05. The van der Waals surface area contributed by atoms with Crippen molar-refractivity contribution >= 4 is 5.97 Å². The smallest absolute Gasteiger partial charge is 0.320 e. The average Bonchev–Trinajstić information content (AvgIpc) is 2.88. The number of hydrogen-bond acceptors (Lipinski definition) is 3. The molecule has 1 heterocycles. The molecule has 0 bridgehead atoms. The van der Waals surface area contributed by atoms with Gasteiger partial charge in [-0.3, -0.25) is 4.79 Å². The van der Waals surface area contributed by atoms with E-state index in [1.165, 1.54) is 0 Å². The number of carboxylic acid groups (broad SMARTS) is 1. The van der Waals surface area contributed by atoms with Gasteiger partial charge in [-0.25, -0.2) is 4.98 Å². The Kier molecular flexibility index (Phi) is 4.30. The molecule has 100 valence electrons. The summed E-state index contributed by atoms with van der Waals surface area (Å²) in [5.74, 6) is 0.0321. The van der Waals surface area contributed by atoms with Crippen LogP contribution in [0.4, 0.5) is 0 Å². The van der Waals surface area contributed by atoms with Crippen molar-refractivity contribution in [2.45, 2.75) is 19.0 Å².